The lowest BCUT2D eigenvalue weighted by molar-refractivity contribution is 0.0951. The number of para-hydroxylation sites is 1. The molecule has 0 spiro atoms. The zero-order valence-electron chi connectivity index (χ0n) is 15.5. The molecule has 0 aliphatic carbocycles. The van der Waals surface area contributed by atoms with Gasteiger partial charge in [-0.15, -0.1) is 0 Å². The maximum atomic E-state index is 12.6. The van der Waals surface area contributed by atoms with Gasteiger partial charge < -0.3 is 19.7 Å². The van der Waals surface area contributed by atoms with E-state index in [0.717, 1.165) is 22.4 Å². The zero-order chi connectivity index (χ0) is 19.2. The Kier molecular flexibility index (Phi) is 5.90. The number of hydrogen-bond donors (Lipinski definition) is 1. The monoisotopic (exact) mass is 369 g/mol. The molecule has 2 amide bonds. The van der Waals surface area contributed by atoms with Crippen molar-refractivity contribution in [2.24, 2.45) is 0 Å². The first-order valence-electron chi connectivity index (χ1n) is 8.82. The highest BCUT2D eigenvalue weighted by atomic mass is 16.5. The minimum atomic E-state index is -0.368. The molecule has 0 fully saturated rings. The van der Waals surface area contributed by atoms with E-state index in [0.29, 0.717) is 38.0 Å². The summed E-state index contributed by atoms with van der Waals surface area (Å²) in [7, 11) is 3.00. The second-order valence-electron chi connectivity index (χ2n) is 6.28. The molecule has 0 radical (unpaired) electrons. The Morgan fingerprint density at radius 2 is 2.04 bits per heavy atom. The van der Waals surface area contributed by atoms with Gasteiger partial charge in [0.1, 0.15) is 5.75 Å². The molecule has 3 rings (SSSR count). The molecule has 7 nitrogen and oxygen atoms in total. The third-order valence-electron chi connectivity index (χ3n) is 4.69. The second kappa shape index (κ2) is 8.53. The number of amides is 2. The van der Waals surface area contributed by atoms with Gasteiger partial charge in [0.15, 0.2) is 0 Å². The molecule has 0 unspecified atom stereocenters. The summed E-state index contributed by atoms with van der Waals surface area (Å²) in [5.74, 6) is 0.661. The number of methoxy groups -OCH3 is 2. The van der Waals surface area contributed by atoms with E-state index in [1.807, 2.05) is 24.3 Å². The molecule has 142 valence electrons. The van der Waals surface area contributed by atoms with E-state index in [4.69, 9.17) is 9.47 Å². The van der Waals surface area contributed by atoms with Crippen LogP contribution < -0.4 is 10.1 Å². The third kappa shape index (κ3) is 4.19. The fourth-order valence-electron chi connectivity index (χ4n) is 3.29. The number of rotatable bonds is 5. The number of nitrogens with zero attached hydrogens (tertiary/aromatic N) is 2. The van der Waals surface area contributed by atoms with Crippen molar-refractivity contribution in [3.05, 3.63) is 58.9 Å². The van der Waals surface area contributed by atoms with Crippen LogP contribution in [0.1, 0.15) is 27.0 Å². The van der Waals surface area contributed by atoms with Gasteiger partial charge in [0.25, 0.3) is 5.91 Å². The smallest absolute Gasteiger partial charge is 0.409 e. The lowest BCUT2D eigenvalue weighted by atomic mass is 9.97. The van der Waals surface area contributed by atoms with Crippen LogP contribution in [0.5, 0.6) is 5.75 Å². The summed E-state index contributed by atoms with van der Waals surface area (Å²) in [6.45, 7) is 1.42. The summed E-state index contributed by atoms with van der Waals surface area (Å²) in [6, 6.07) is 7.75. The summed E-state index contributed by atoms with van der Waals surface area (Å²) in [6.07, 6.45) is 4.20. The van der Waals surface area contributed by atoms with Crippen molar-refractivity contribution in [2.45, 2.75) is 19.4 Å². The summed E-state index contributed by atoms with van der Waals surface area (Å²) in [4.78, 5) is 30.1. The molecule has 1 N–H and O–H groups in total. The lowest BCUT2D eigenvalue weighted by Crippen LogP contribution is -2.37. The van der Waals surface area contributed by atoms with E-state index in [2.05, 4.69) is 10.3 Å². The van der Waals surface area contributed by atoms with E-state index in [1.54, 1.807) is 24.4 Å². The molecule has 0 bridgehead atoms. The molecule has 1 aromatic carbocycles. The Balaban J connectivity index is 1.65. The highest BCUT2D eigenvalue weighted by Gasteiger charge is 2.25. The van der Waals surface area contributed by atoms with Crippen molar-refractivity contribution >= 4 is 12.0 Å². The molecule has 0 saturated heterocycles. The Labute approximate surface area is 158 Å². The summed E-state index contributed by atoms with van der Waals surface area (Å²) in [5, 5.41) is 2.95. The van der Waals surface area contributed by atoms with E-state index >= 15 is 0 Å². The SMILES string of the molecule is COC(=O)N1CCc2c(cncc2C(=O)NCCc2ccccc2OC)C1. The van der Waals surface area contributed by atoms with Gasteiger partial charge in [-0.2, -0.15) is 0 Å². The molecule has 0 atom stereocenters. The molecule has 27 heavy (non-hydrogen) atoms. The summed E-state index contributed by atoms with van der Waals surface area (Å²) >= 11 is 0. The Bertz CT molecular complexity index is 838. The molecule has 1 aliphatic heterocycles. The first-order chi connectivity index (χ1) is 13.1. The van der Waals surface area contributed by atoms with Crippen LogP contribution in [-0.4, -0.2) is 49.2 Å². The lowest BCUT2D eigenvalue weighted by Gasteiger charge is -2.28. The highest BCUT2D eigenvalue weighted by molar-refractivity contribution is 5.95. The van der Waals surface area contributed by atoms with Gasteiger partial charge in [-0.3, -0.25) is 9.78 Å². The van der Waals surface area contributed by atoms with E-state index in [-0.39, 0.29) is 12.0 Å². The molecular weight excluding hydrogens is 346 g/mol. The van der Waals surface area contributed by atoms with Crippen molar-refractivity contribution < 1.29 is 19.1 Å². The fraction of sp³-hybridized carbons (Fsp3) is 0.350. The van der Waals surface area contributed by atoms with Crippen LogP contribution in [-0.2, 0) is 24.1 Å². The van der Waals surface area contributed by atoms with Crippen molar-refractivity contribution in [3.63, 3.8) is 0 Å². The average Bonchev–Trinajstić information content (AvgIpc) is 2.72. The number of carbonyl (C=O) groups is 2. The van der Waals surface area contributed by atoms with E-state index in [1.165, 1.54) is 7.11 Å². The highest BCUT2D eigenvalue weighted by Crippen LogP contribution is 2.22. The number of ether oxygens (including phenoxy) is 2. The summed E-state index contributed by atoms with van der Waals surface area (Å²) in [5.41, 5.74) is 3.43. The van der Waals surface area contributed by atoms with Crippen LogP contribution in [0.4, 0.5) is 4.79 Å². The molecule has 7 heteroatoms. The number of fused-ring (bicyclic) bond motifs is 1. The molecule has 2 aromatic rings. The predicted molar refractivity (Wildman–Crippen MR) is 99.8 cm³/mol. The largest absolute Gasteiger partial charge is 0.496 e. The number of aromatic nitrogens is 1. The van der Waals surface area contributed by atoms with Crippen LogP contribution in [0.3, 0.4) is 0 Å². The van der Waals surface area contributed by atoms with Crippen molar-refractivity contribution in [2.75, 3.05) is 27.3 Å². The fourth-order valence-corrected chi connectivity index (χ4v) is 3.29. The van der Waals surface area contributed by atoms with Crippen LogP contribution in [0.25, 0.3) is 0 Å². The Morgan fingerprint density at radius 3 is 2.81 bits per heavy atom. The van der Waals surface area contributed by atoms with Gasteiger partial charge in [-0.25, -0.2) is 4.79 Å². The van der Waals surface area contributed by atoms with Crippen LogP contribution >= 0.6 is 0 Å². The minimum Gasteiger partial charge on any atom is -0.496 e. The first kappa shape index (κ1) is 18.7. The van der Waals surface area contributed by atoms with Gasteiger partial charge in [0.2, 0.25) is 0 Å². The van der Waals surface area contributed by atoms with Crippen molar-refractivity contribution in [1.29, 1.82) is 0 Å². The standard InChI is InChI=1S/C20H23N3O4/c1-26-18-6-4-3-5-14(18)7-9-22-19(24)17-12-21-11-15-13-23(20(25)27-2)10-8-16(15)17/h3-6,11-12H,7-10,13H2,1-2H3,(H,22,24). The molecule has 0 saturated carbocycles. The van der Waals surface area contributed by atoms with Gasteiger partial charge in [-0.05, 0) is 35.6 Å². The number of carbonyl (C=O) groups excluding carboxylic acids is 2. The number of pyridine rings is 1. The van der Waals surface area contributed by atoms with Gasteiger partial charge >= 0.3 is 6.09 Å². The first-order valence-corrected chi connectivity index (χ1v) is 8.82. The molecule has 1 aromatic heterocycles. The summed E-state index contributed by atoms with van der Waals surface area (Å²) < 4.78 is 10.1. The Morgan fingerprint density at radius 1 is 1.22 bits per heavy atom. The quantitative estimate of drug-likeness (QED) is 0.874. The predicted octanol–water partition coefficient (Wildman–Crippen LogP) is 2.19. The zero-order valence-corrected chi connectivity index (χ0v) is 15.5. The van der Waals surface area contributed by atoms with Crippen molar-refractivity contribution in [3.8, 4) is 5.75 Å². The van der Waals surface area contributed by atoms with Crippen LogP contribution in [0.2, 0.25) is 0 Å². The van der Waals surface area contributed by atoms with Gasteiger partial charge in [0.05, 0.1) is 26.3 Å². The maximum absolute atomic E-state index is 12.6. The van der Waals surface area contributed by atoms with Gasteiger partial charge in [-0.1, -0.05) is 18.2 Å². The van der Waals surface area contributed by atoms with Crippen molar-refractivity contribution in [1.82, 2.24) is 15.2 Å². The van der Waals surface area contributed by atoms with Crippen LogP contribution in [0.15, 0.2) is 36.7 Å². The Hall–Kier alpha value is -3.09. The minimum absolute atomic E-state index is 0.152. The van der Waals surface area contributed by atoms with E-state index < -0.39 is 0 Å². The third-order valence-corrected chi connectivity index (χ3v) is 4.69. The molecule has 2 heterocycles. The number of nitrogens with one attached hydrogen (secondary N) is 1. The normalized spacial score (nSPS) is 12.9. The second-order valence-corrected chi connectivity index (χ2v) is 6.28. The number of hydrogen-bond acceptors (Lipinski definition) is 5. The van der Waals surface area contributed by atoms with Crippen LogP contribution in [0, 0.1) is 0 Å². The van der Waals surface area contributed by atoms with Gasteiger partial charge in [0, 0.05) is 25.5 Å². The molecule has 1 aliphatic rings. The molecular formula is C20H23N3O4. The maximum Gasteiger partial charge on any atom is 0.409 e. The van der Waals surface area contributed by atoms with E-state index in [9.17, 15) is 9.59 Å². The number of benzene rings is 1. The average molecular weight is 369 g/mol. The topological polar surface area (TPSA) is 80.8 Å².